The Bertz CT molecular complexity index is 796. The highest BCUT2D eigenvalue weighted by Crippen LogP contribution is 2.31. The van der Waals surface area contributed by atoms with Crippen molar-refractivity contribution in [1.29, 1.82) is 0 Å². The van der Waals surface area contributed by atoms with Crippen LogP contribution in [0.25, 0.3) is 0 Å². The fraction of sp³-hybridized carbons (Fsp3) is 0.647. The van der Waals surface area contributed by atoms with Crippen molar-refractivity contribution in [3.8, 4) is 5.75 Å². The van der Waals surface area contributed by atoms with Crippen molar-refractivity contribution in [1.82, 2.24) is 4.90 Å². The summed E-state index contributed by atoms with van der Waals surface area (Å²) in [7, 11) is -7.06. The van der Waals surface area contributed by atoms with Crippen LogP contribution in [0.3, 0.4) is 0 Å². The second-order valence-electron chi connectivity index (χ2n) is 6.73. The van der Waals surface area contributed by atoms with Crippen molar-refractivity contribution < 1.29 is 21.6 Å². The normalized spacial score (nSPS) is 27.2. The fourth-order valence-corrected chi connectivity index (χ4v) is 8.58. The molecular weight excluding hydrogens is 362 g/mol. The summed E-state index contributed by atoms with van der Waals surface area (Å²) in [4.78, 5) is 2.23. The van der Waals surface area contributed by atoms with E-state index in [0.29, 0.717) is 12.4 Å². The molecule has 3 rings (SSSR count). The van der Waals surface area contributed by atoms with E-state index in [1.54, 1.807) is 12.1 Å². The summed E-state index contributed by atoms with van der Waals surface area (Å²) < 4.78 is 56.0. The summed E-state index contributed by atoms with van der Waals surface area (Å²) in [5, 5.41) is -0.895. The number of nitrogens with zero attached hydrogens (tertiary/aromatic N) is 1. The van der Waals surface area contributed by atoms with Gasteiger partial charge in [0, 0.05) is 6.04 Å². The smallest absolute Gasteiger partial charge is 0.183 e. The van der Waals surface area contributed by atoms with E-state index in [1.165, 1.54) is 12.1 Å². The lowest BCUT2D eigenvalue weighted by Gasteiger charge is -2.34. The van der Waals surface area contributed by atoms with Crippen LogP contribution in [0.2, 0.25) is 0 Å². The van der Waals surface area contributed by atoms with Crippen LogP contribution in [-0.2, 0) is 19.7 Å². The molecule has 2 saturated heterocycles. The van der Waals surface area contributed by atoms with Crippen LogP contribution < -0.4 is 4.74 Å². The quantitative estimate of drug-likeness (QED) is 0.762. The molecule has 0 N–H and O–H groups in total. The van der Waals surface area contributed by atoms with Gasteiger partial charge in [-0.3, -0.25) is 4.90 Å². The predicted molar refractivity (Wildman–Crippen MR) is 96.5 cm³/mol. The maximum Gasteiger partial charge on any atom is 0.183 e. The first kappa shape index (κ1) is 18.7. The molecule has 2 fully saturated rings. The molecule has 0 aromatic heterocycles. The SMILES string of the molecule is CCOc1ccc(S(=O)(=O)[C@@H]2CS(=O)(=O)C[C@H]2N2CCCCC2)cc1. The first-order valence-electron chi connectivity index (χ1n) is 8.75. The Morgan fingerprint density at radius 3 is 2.32 bits per heavy atom. The van der Waals surface area contributed by atoms with Crippen LogP contribution >= 0.6 is 0 Å². The van der Waals surface area contributed by atoms with Crippen LogP contribution in [0.15, 0.2) is 29.2 Å². The number of rotatable bonds is 5. The maximum absolute atomic E-state index is 13.1. The standard InChI is InChI=1S/C17H25NO5S2/c1-2-23-14-6-8-15(9-7-14)25(21,22)17-13-24(19,20)12-16(17)18-10-4-3-5-11-18/h6-9,16-17H,2-5,10-13H2,1H3/t16-,17-/m1/s1. The third-order valence-corrected chi connectivity index (χ3v) is 9.13. The van der Waals surface area contributed by atoms with Crippen molar-refractivity contribution in [3.05, 3.63) is 24.3 Å². The Labute approximate surface area is 150 Å². The molecule has 1 aromatic rings. The predicted octanol–water partition coefficient (Wildman–Crippen LogP) is 1.51. The Balaban J connectivity index is 1.90. The van der Waals surface area contributed by atoms with E-state index < -0.39 is 31.0 Å². The maximum atomic E-state index is 13.1. The van der Waals surface area contributed by atoms with Gasteiger partial charge in [-0.2, -0.15) is 0 Å². The van der Waals surface area contributed by atoms with Gasteiger partial charge in [-0.25, -0.2) is 16.8 Å². The summed E-state index contributed by atoms with van der Waals surface area (Å²) >= 11 is 0. The molecule has 140 valence electrons. The van der Waals surface area contributed by atoms with Gasteiger partial charge in [0.25, 0.3) is 0 Å². The number of piperidine rings is 1. The van der Waals surface area contributed by atoms with E-state index in [1.807, 2.05) is 6.92 Å². The molecule has 2 atom stereocenters. The van der Waals surface area contributed by atoms with Crippen LogP contribution in [0.4, 0.5) is 0 Å². The molecular formula is C17H25NO5S2. The molecule has 0 unspecified atom stereocenters. The van der Waals surface area contributed by atoms with Gasteiger partial charge in [0.2, 0.25) is 0 Å². The highest BCUT2D eigenvalue weighted by Gasteiger charge is 2.48. The molecule has 0 spiro atoms. The van der Waals surface area contributed by atoms with Crippen molar-refractivity contribution in [3.63, 3.8) is 0 Å². The number of likely N-dealkylation sites (tertiary alicyclic amines) is 1. The van der Waals surface area contributed by atoms with Gasteiger partial charge >= 0.3 is 0 Å². The Morgan fingerprint density at radius 2 is 1.72 bits per heavy atom. The van der Waals surface area contributed by atoms with E-state index in [-0.39, 0.29) is 16.4 Å². The summed E-state index contributed by atoms with van der Waals surface area (Å²) in [6.45, 7) is 3.91. The van der Waals surface area contributed by atoms with Gasteiger partial charge in [0.05, 0.1) is 28.3 Å². The number of benzene rings is 1. The molecule has 2 aliphatic rings. The van der Waals surface area contributed by atoms with Crippen LogP contribution in [-0.4, -0.2) is 64.2 Å². The Hall–Kier alpha value is -1.12. The summed E-state index contributed by atoms with van der Waals surface area (Å²) in [6.07, 6.45) is 3.10. The highest BCUT2D eigenvalue weighted by molar-refractivity contribution is 7.96. The largest absolute Gasteiger partial charge is 0.494 e. The van der Waals surface area contributed by atoms with Crippen molar-refractivity contribution in [2.45, 2.75) is 42.4 Å². The summed E-state index contributed by atoms with van der Waals surface area (Å²) in [5.41, 5.74) is 0. The fourth-order valence-electron chi connectivity index (χ4n) is 3.75. The molecule has 8 heteroatoms. The molecule has 0 bridgehead atoms. The molecule has 2 aliphatic heterocycles. The second kappa shape index (κ2) is 7.25. The van der Waals surface area contributed by atoms with Crippen LogP contribution in [0.1, 0.15) is 26.2 Å². The Kier molecular flexibility index (Phi) is 5.41. The molecule has 0 saturated carbocycles. The Morgan fingerprint density at radius 1 is 1.08 bits per heavy atom. The number of sulfone groups is 2. The van der Waals surface area contributed by atoms with E-state index >= 15 is 0 Å². The molecule has 6 nitrogen and oxygen atoms in total. The van der Waals surface area contributed by atoms with Gasteiger partial charge in [-0.1, -0.05) is 6.42 Å². The van der Waals surface area contributed by atoms with Gasteiger partial charge in [-0.15, -0.1) is 0 Å². The molecule has 2 heterocycles. The zero-order valence-corrected chi connectivity index (χ0v) is 16.1. The topological polar surface area (TPSA) is 80.8 Å². The van der Waals surface area contributed by atoms with Gasteiger partial charge in [-0.05, 0) is 57.1 Å². The zero-order chi connectivity index (χ0) is 18.1. The monoisotopic (exact) mass is 387 g/mol. The highest BCUT2D eigenvalue weighted by atomic mass is 32.2. The van der Waals surface area contributed by atoms with Crippen molar-refractivity contribution >= 4 is 19.7 Å². The average molecular weight is 388 g/mol. The first-order chi connectivity index (χ1) is 11.8. The summed E-state index contributed by atoms with van der Waals surface area (Å²) in [6, 6.07) is 5.82. The van der Waals surface area contributed by atoms with Crippen LogP contribution in [0, 0.1) is 0 Å². The van der Waals surface area contributed by atoms with Gasteiger partial charge in [0.15, 0.2) is 19.7 Å². The minimum atomic E-state index is -3.72. The lowest BCUT2D eigenvalue weighted by atomic mass is 10.1. The zero-order valence-electron chi connectivity index (χ0n) is 14.4. The minimum Gasteiger partial charge on any atom is -0.494 e. The van der Waals surface area contributed by atoms with E-state index in [4.69, 9.17) is 4.74 Å². The summed E-state index contributed by atoms with van der Waals surface area (Å²) in [5.74, 6) is 0.255. The molecule has 1 aromatic carbocycles. The lowest BCUT2D eigenvalue weighted by molar-refractivity contribution is 0.178. The number of ether oxygens (including phenoxy) is 1. The van der Waals surface area contributed by atoms with E-state index in [2.05, 4.69) is 4.90 Å². The minimum absolute atomic E-state index is 0.0616. The lowest BCUT2D eigenvalue weighted by Crippen LogP contribution is -2.48. The number of hydrogen-bond acceptors (Lipinski definition) is 6. The van der Waals surface area contributed by atoms with Crippen molar-refractivity contribution in [2.75, 3.05) is 31.2 Å². The number of hydrogen-bond donors (Lipinski definition) is 0. The van der Waals surface area contributed by atoms with Gasteiger partial charge in [0.1, 0.15) is 5.75 Å². The van der Waals surface area contributed by atoms with Gasteiger partial charge < -0.3 is 4.74 Å². The average Bonchev–Trinajstić information content (AvgIpc) is 2.93. The molecule has 0 radical (unpaired) electrons. The second-order valence-corrected chi connectivity index (χ2v) is 11.0. The molecule has 0 amide bonds. The third-order valence-electron chi connectivity index (χ3n) is 4.99. The van der Waals surface area contributed by atoms with Crippen molar-refractivity contribution in [2.24, 2.45) is 0 Å². The molecule has 25 heavy (non-hydrogen) atoms. The molecule has 0 aliphatic carbocycles. The first-order valence-corrected chi connectivity index (χ1v) is 12.1. The van der Waals surface area contributed by atoms with E-state index in [0.717, 1.165) is 32.4 Å². The third kappa shape index (κ3) is 4.01. The van der Waals surface area contributed by atoms with Crippen LogP contribution in [0.5, 0.6) is 5.75 Å². The van der Waals surface area contributed by atoms with E-state index in [9.17, 15) is 16.8 Å².